The second-order valence-corrected chi connectivity index (χ2v) is 3.25. The van der Waals surface area contributed by atoms with Crippen LogP contribution in [-0.2, 0) is 0 Å². The van der Waals surface area contributed by atoms with E-state index >= 15 is 0 Å². The summed E-state index contributed by atoms with van der Waals surface area (Å²) in [5, 5.41) is 3.03. The zero-order valence-corrected chi connectivity index (χ0v) is 7.88. The first-order chi connectivity index (χ1) is 5.74. The van der Waals surface area contributed by atoms with E-state index in [0.717, 1.165) is 19.1 Å². The highest BCUT2D eigenvalue weighted by molar-refractivity contribution is 5.77. The van der Waals surface area contributed by atoms with Crippen molar-refractivity contribution in [1.29, 1.82) is 0 Å². The monoisotopic (exact) mass is 170 g/mol. The molecule has 0 unspecified atom stereocenters. The standard InChI is InChI=1S/C8H18N4/c1-10-8(9)11-5-6-12(2)7-3-4-7/h7H,3-6H2,1-2H3,(H3,9,10,11). The highest BCUT2D eigenvalue weighted by atomic mass is 15.2. The van der Waals surface area contributed by atoms with Crippen molar-refractivity contribution in [2.75, 3.05) is 27.2 Å². The molecule has 0 aliphatic heterocycles. The van der Waals surface area contributed by atoms with Crippen LogP contribution in [0.15, 0.2) is 4.99 Å². The van der Waals surface area contributed by atoms with Crippen molar-refractivity contribution >= 4 is 5.96 Å². The van der Waals surface area contributed by atoms with E-state index in [0.29, 0.717) is 5.96 Å². The number of hydrogen-bond acceptors (Lipinski definition) is 2. The molecule has 0 saturated heterocycles. The first kappa shape index (κ1) is 9.32. The van der Waals surface area contributed by atoms with Gasteiger partial charge in [0, 0.05) is 26.2 Å². The Kier molecular flexibility index (Phi) is 3.34. The highest BCUT2D eigenvalue weighted by Crippen LogP contribution is 2.24. The Morgan fingerprint density at radius 2 is 2.33 bits per heavy atom. The Morgan fingerprint density at radius 1 is 1.67 bits per heavy atom. The molecule has 1 fully saturated rings. The lowest BCUT2D eigenvalue weighted by molar-refractivity contribution is 0.329. The van der Waals surface area contributed by atoms with Crippen molar-refractivity contribution in [3.05, 3.63) is 0 Å². The van der Waals surface area contributed by atoms with Crippen LogP contribution in [0.4, 0.5) is 0 Å². The summed E-state index contributed by atoms with van der Waals surface area (Å²) < 4.78 is 0. The molecule has 0 atom stereocenters. The van der Waals surface area contributed by atoms with Crippen molar-refractivity contribution in [1.82, 2.24) is 10.2 Å². The summed E-state index contributed by atoms with van der Waals surface area (Å²) in [4.78, 5) is 6.17. The molecule has 1 rings (SSSR count). The van der Waals surface area contributed by atoms with E-state index in [1.165, 1.54) is 12.8 Å². The van der Waals surface area contributed by atoms with Crippen molar-refractivity contribution in [2.24, 2.45) is 10.7 Å². The van der Waals surface area contributed by atoms with E-state index in [9.17, 15) is 0 Å². The van der Waals surface area contributed by atoms with Gasteiger partial charge in [0.25, 0.3) is 0 Å². The minimum absolute atomic E-state index is 0.527. The van der Waals surface area contributed by atoms with Gasteiger partial charge in [0.2, 0.25) is 0 Å². The second-order valence-electron chi connectivity index (χ2n) is 3.25. The zero-order chi connectivity index (χ0) is 8.97. The predicted molar refractivity (Wildman–Crippen MR) is 51.2 cm³/mol. The predicted octanol–water partition coefficient (Wildman–Crippen LogP) is -0.385. The Hall–Kier alpha value is -0.770. The third-order valence-corrected chi connectivity index (χ3v) is 2.18. The summed E-state index contributed by atoms with van der Waals surface area (Å²) in [5.74, 6) is 0.527. The number of nitrogens with two attached hydrogens (primary N) is 1. The van der Waals surface area contributed by atoms with Crippen molar-refractivity contribution in [3.8, 4) is 0 Å². The van der Waals surface area contributed by atoms with Crippen molar-refractivity contribution in [2.45, 2.75) is 18.9 Å². The van der Waals surface area contributed by atoms with Gasteiger partial charge in [0.15, 0.2) is 5.96 Å². The fourth-order valence-corrected chi connectivity index (χ4v) is 1.14. The summed E-state index contributed by atoms with van der Waals surface area (Å²) in [6, 6.07) is 0.826. The molecule has 1 aliphatic rings. The van der Waals surface area contributed by atoms with Gasteiger partial charge in [-0.2, -0.15) is 0 Å². The van der Waals surface area contributed by atoms with Crippen LogP contribution in [0, 0.1) is 0 Å². The average molecular weight is 170 g/mol. The molecule has 4 nitrogen and oxygen atoms in total. The summed E-state index contributed by atoms with van der Waals surface area (Å²) in [6.07, 6.45) is 2.71. The molecule has 3 N–H and O–H groups in total. The third-order valence-electron chi connectivity index (χ3n) is 2.18. The first-order valence-corrected chi connectivity index (χ1v) is 4.40. The molecule has 0 bridgehead atoms. The number of nitrogens with one attached hydrogen (secondary N) is 1. The van der Waals surface area contributed by atoms with E-state index in [1.807, 2.05) is 0 Å². The molecule has 0 radical (unpaired) electrons. The van der Waals surface area contributed by atoms with Crippen LogP contribution in [0.5, 0.6) is 0 Å². The lowest BCUT2D eigenvalue weighted by Gasteiger charge is -2.15. The van der Waals surface area contributed by atoms with Gasteiger partial charge >= 0.3 is 0 Å². The molecule has 0 aromatic heterocycles. The average Bonchev–Trinajstić information content (AvgIpc) is 2.86. The molecule has 4 heteroatoms. The molecule has 1 aliphatic carbocycles. The van der Waals surface area contributed by atoms with Gasteiger partial charge in [-0.25, -0.2) is 0 Å². The van der Waals surface area contributed by atoms with Gasteiger partial charge in [-0.15, -0.1) is 0 Å². The van der Waals surface area contributed by atoms with Gasteiger partial charge in [-0.05, 0) is 19.9 Å². The van der Waals surface area contributed by atoms with Crippen molar-refractivity contribution < 1.29 is 0 Å². The maximum absolute atomic E-state index is 5.47. The molecule has 12 heavy (non-hydrogen) atoms. The van der Waals surface area contributed by atoms with Crippen LogP contribution in [0.2, 0.25) is 0 Å². The Bertz CT molecular complexity index is 162. The Labute approximate surface area is 73.8 Å². The Balaban J connectivity index is 2.01. The van der Waals surface area contributed by atoms with E-state index in [2.05, 4.69) is 22.3 Å². The lowest BCUT2D eigenvalue weighted by Crippen LogP contribution is -2.37. The van der Waals surface area contributed by atoms with E-state index in [-0.39, 0.29) is 0 Å². The molecule has 0 spiro atoms. The number of hydrogen-bond donors (Lipinski definition) is 2. The number of guanidine groups is 1. The molecular weight excluding hydrogens is 152 g/mol. The van der Waals surface area contributed by atoms with Crippen LogP contribution >= 0.6 is 0 Å². The second kappa shape index (κ2) is 4.30. The SMILES string of the molecule is CN=C(N)NCCN(C)C1CC1. The lowest BCUT2D eigenvalue weighted by atomic mass is 10.5. The summed E-state index contributed by atoms with van der Waals surface area (Å²) in [5.41, 5.74) is 5.47. The summed E-state index contributed by atoms with van der Waals surface area (Å²) in [6.45, 7) is 1.93. The molecule has 0 aromatic rings. The third kappa shape index (κ3) is 3.09. The minimum Gasteiger partial charge on any atom is -0.370 e. The maximum Gasteiger partial charge on any atom is 0.188 e. The van der Waals surface area contributed by atoms with Gasteiger partial charge in [-0.1, -0.05) is 0 Å². The molecule has 0 aromatic carbocycles. The number of rotatable bonds is 4. The zero-order valence-electron chi connectivity index (χ0n) is 7.88. The largest absolute Gasteiger partial charge is 0.370 e. The quantitative estimate of drug-likeness (QED) is 0.446. The normalized spacial score (nSPS) is 18.4. The number of likely N-dealkylation sites (N-methyl/N-ethyl adjacent to an activating group) is 1. The molecule has 0 heterocycles. The number of nitrogens with zero attached hydrogens (tertiary/aromatic N) is 2. The smallest absolute Gasteiger partial charge is 0.188 e. The van der Waals surface area contributed by atoms with Gasteiger partial charge in [0.05, 0.1) is 0 Å². The topological polar surface area (TPSA) is 53.6 Å². The summed E-state index contributed by atoms with van der Waals surface area (Å²) in [7, 11) is 3.84. The Morgan fingerprint density at radius 3 is 2.83 bits per heavy atom. The van der Waals surface area contributed by atoms with Gasteiger partial charge < -0.3 is 16.0 Å². The van der Waals surface area contributed by atoms with Gasteiger partial charge in [0.1, 0.15) is 0 Å². The van der Waals surface area contributed by atoms with Gasteiger partial charge in [-0.3, -0.25) is 4.99 Å². The summed E-state index contributed by atoms with van der Waals surface area (Å²) >= 11 is 0. The fourth-order valence-electron chi connectivity index (χ4n) is 1.14. The maximum atomic E-state index is 5.47. The minimum atomic E-state index is 0.527. The van der Waals surface area contributed by atoms with Crippen LogP contribution < -0.4 is 11.1 Å². The van der Waals surface area contributed by atoms with Crippen LogP contribution in [0.1, 0.15) is 12.8 Å². The van der Waals surface area contributed by atoms with Crippen molar-refractivity contribution in [3.63, 3.8) is 0 Å². The molecule has 1 saturated carbocycles. The van der Waals surface area contributed by atoms with Crippen LogP contribution in [0.3, 0.4) is 0 Å². The van der Waals surface area contributed by atoms with E-state index in [4.69, 9.17) is 5.73 Å². The fraction of sp³-hybridized carbons (Fsp3) is 0.875. The highest BCUT2D eigenvalue weighted by Gasteiger charge is 2.25. The van der Waals surface area contributed by atoms with Crippen LogP contribution in [0.25, 0.3) is 0 Å². The molecule has 70 valence electrons. The van der Waals surface area contributed by atoms with E-state index < -0.39 is 0 Å². The van der Waals surface area contributed by atoms with E-state index in [1.54, 1.807) is 7.05 Å². The van der Waals surface area contributed by atoms with Crippen LogP contribution in [-0.4, -0.2) is 44.1 Å². The molecular formula is C8H18N4. The number of aliphatic imine (C=N–C) groups is 1. The first-order valence-electron chi connectivity index (χ1n) is 4.40. The molecule has 0 amide bonds.